The molecule has 0 bridgehead atoms. The number of rotatable bonds is 5. The monoisotopic (exact) mass is 426 g/mol. The topological polar surface area (TPSA) is 98.5 Å². The van der Waals surface area contributed by atoms with Crippen LogP contribution in [-0.4, -0.2) is 33.2 Å². The summed E-state index contributed by atoms with van der Waals surface area (Å²) in [5, 5.41) is 9.58. The van der Waals surface area contributed by atoms with Crippen molar-refractivity contribution in [2.75, 3.05) is 6.61 Å². The Morgan fingerprint density at radius 1 is 1.30 bits per heavy atom. The summed E-state index contributed by atoms with van der Waals surface area (Å²) in [7, 11) is 0. The second-order valence-corrected chi connectivity index (χ2v) is 8.45. The predicted molar refractivity (Wildman–Crippen MR) is 113 cm³/mol. The molecule has 1 unspecified atom stereocenters. The molecule has 1 atom stereocenters. The largest absolute Gasteiger partial charge is 0.478 e. The van der Waals surface area contributed by atoms with Gasteiger partial charge < -0.3 is 9.84 Å². The lowest BCUT2D eigenvalue weighted by molar-refractivity contribution is -0.145. The van der Waals surface area contributed by atoms with Crippen molar-refractivity contribution in [1.29, 1.82) is 0 Å². The van der Waals surface area contributed by atoms with Crippen LogP contribution < -0.4 is 5.56 Å². The Morgan fingerprint density at radius 3 is 2.70 bits per heavy atom. The van der Waals surface area contributed by atoms with E-state index in [9.17, 15) is 14.4 Å². The van der Waals surface area contributed by atoms with Crippen LogP contribution in [0.3, 0.4) is 0 Å². The zero-order valence-electron chi connectivity index (χ0n) is 16.8. The van der Waals surface area contributed by atoms with Gasteiger partial charge in [-0.3, -0.25) is 14.2 Å². The molecule has 1 aliphatic carbocycles. The third kappa shape index (κ3) is 3.52. The van der Waals surface area contributed by atoms with Crippen LogP contribution in [0.15, 0.2) is 29.1 Å². The van der Waals surface area contributed by atoms with Crippen LogP contribution in [0.4, 0.5) is 0 Å². The average Bonchev–Trinajstić information content (AvgIpc) is 3.09. The average molecular weight is 426 g/mol. The Hall–Kier alpha value is -3.00. The molecule has 30 heavy (non-hydrogen) atoms. The summed E-state index contributed by atoms with van der Waals surface area (Å²) in [6.45, 7) is 4.15. The third-order valence-corrected chi connectivity index (χ3v) is 6.63. The maximum absolute atomic E-state index is 13.5. The first-order chi connectivity index (χ1) is 14.4. The molecule has 0 fully saturated rings. The van der Waals surface area contributed by atoms with E-state index in [-0.39, 0.29) is 23.6 Å². The SMILES string of the molecule is CCOC(=O)C1CCCc2sc3nc(C)n(Cc4ccc(C(=O)O)cc4)c(=O)c3c21. The number of hydrogen-bond donors (Lipinski definition) is 1. The molecule has 3 aromatic rings. The fourth-order valence-corrected chi connectivity index (χ4v) is 5.33. The molecule has 7 nitrogen and oxygen atoms in total. The quantitative estimate of drug-likeness (QED) is 0.627. The molecule has 1 aromatic carbocycles. The van der Waals surface area contributed by atoms with Crippen molar-refractivity contribution in [1.82, 2.24) is 9.55 Å². The smallest absolute Gasteiger partial charge is 0.335 e. The standard InChI is InChI=1S/C22H22N2O5S/c1-3-29-22(28)15-5-4-6-16-17(15)18-19(30-16)23-12(2)24(20(18)25)11-13-7-9-14(10-8-13)21(26)27/h7-10,15H,3-6,11H2,1-2H3,(H,26,27). The summed E-state index contributed by atoms with van der Waals surface area (Å²) in [6.07, 6.45) is 2.38. The van der Waals surface area contributed by atoms with Gasteiger partial charge in [0, 0.05) is 4.88 Å². The number of fused-ring (bicyclic) bond motifs is 3. The molecule has 0 spiro atoms. The summed E-state index contributed by atoms with van der Waals surface area (Å²) in [4.78, 5) is 43.4. The van der Waals surface area contributed by atoms with Gasteiger partial charge in [-0.25, -0.2) is 9.78 Å². The fourth-order valence-electron chi connectivity index (χ4n) is 4.02. The number of aromatic nitrogens is 2. The summed E-state index contributed by atoms with van der Waals surface area (Å²) < 4.78 is 6.85. The molecule has 0 aliphatic heterocycles. The van der Waals surface area contributed by atoms with Gasteiger partial charge in [0.2, 0.25) is 0 Å². The number of nitrogens with zero attached hydrogens (tertiary/aromatic N) is 2. The molecule has 8 heteroatoms. The van der Waals surface area contributed by atoms with E-state index in [0.29, 0.717) is 29.1 Å². The second-order valence-electron chi connectivity index (χ2n) is 7.37. The highest BCUT2D eigenvalue weighted by Gasteiger charge is 2.33. The van der Waals surface area contributed by atoms with Gasteiger partial charge in [0.25, 0.3) is 5.56 Å². The van der Waals surface area contributed by atoms with Crippen LogP contribution in [0.1, 0.15) is 57.9 Å². The summed E-state index contributed by atoms with van der Waals surface area (Å²) in [6, 6.07) is 6.44. The van der Waals surface area contributed by atoms with Gasteiger partial charge in [-0.1, -0.05) is 12.1 Å². The van der Waals surface area contributed by atoms with E-state index < -0.39 is 11.9 Å². The zero-order valence-corrected chi connectivity index (χ0v) is 17.6. The Kier molecular flexibility index (Phi) is 5.42. The third-order valence-electron chi connectivity index (χ3n) is 5.47. The summed E-state index contributed by atoms with van der Waals surface area (Å²) >= 11 is 1.49. The molecule has 0 radical (unpaired) electrons. The number of aromatic carboxylic acids is 1. The maximum Gasteiger partial charge on any atom is 0.335 e. The minimum atomic E-state index is -0.993. The van der Waals surface area contributed by atoms with Crippen molar-refractivity contribution >= 4 is 33.5 Å². The minimum absolute atomic E-state index is 0.173. The summed E-state index contributed by atoms with van der Waals surface area (Å²) in [5.41, 5.74) is 1.61. The van der Waals surface area contributed by atoms with Gasteiger partial charge in [-0.15, -0.1) is 11.3 Å². The highest BCUT2D eigenvalue weighted by atomic mass is 32.1. The molecule has 2 heterocycles. The Labute approximate surface area is 176 Å². The van der Waals surface area contributed by atoms with Crippen LogP contribution >= 0.6 is 11.3 Å². The molecule has 4 rings (SSSR count). The van der Waals surface area contributed by atoms with E-state index in [1.165, 1.54) is 23.5 Å². The maximum atomic E-state index is 13.5. The molecular formula is C22H22N2O5S. The van der Waals surface area contributed by atoms with Crippen LogP contribution in [-0.2, 0) is 22.5 Å². The lowest BCUT2D eigenvalue weighted by atomic mass is 9.86. The molecule has 0 saturated carbocycles. The van der Waals surface area contributed by atoms with Crippen molar-refractivity contribution < 1.29 is 19.4 Å². The molecule has 1 aliphatic rings. The van der Waals surface area contributed by atoms with Gasteiger partial charge in [0.05, 0.1) is 30.0 Å². The van der Waals surface area contributed by atoms with Gasteiger partial charge in [-0.05, 0) is 56.4 Å². The second kappa shape index (κ2) is 8.02. The molecule has 0 saturated heterocycles. The first-order valence-corrected chi connectivity index (χ1v) is 10.7. The lowest BCUT2D eigenvalue weighted by Crippen LogP contribution is -2.27. The molecule has 1 N–H and O–H groups in total. The number of carboxylic acids is 1. The zero-order chi connectivity index (χ0) is 21.4. The van der Waals surface area contributed by atoms with E-state index in [1.807, 2.05) is 0 Å². The molecule has 156 valence electrons. The van der Waals surface area contributed by atoms with Gasteiger partial charge in [-0.2, -0.15) is 0 Å². The van der Waals surface area contributed by atoms with E-state index in [2.05, 4.69) is 4.98 Å². The molecule has 2 aromatic heterocycles. The summed E-state index contributed by atoms with van der Waals surface area (Å²) in [5.74, 6) is -1.12. The van der Waals surface area contributed by atoms with Crippen LogP contribution in [0.25, 0.3) is 10.2 Å². The van der Waals surface area contributed by atoms with Crippen LogP contribution in [0.2, 0.25) is 0 Å². The predicted octanol–water partition coefficient (Wildman–Crippen LogP) is 3.50. The number of carboxylic acid groups (broad SMARTS) is 1. The van der Waals surface area contributed by atoms with E-state index in [4.69, 9.17) is 9.84 Å². The number of carbonyl (C=O) groups is 2. The van der Waals surface area contributed by atoms with E-state index >= 15 is 0 Å². The number of benzene rings is 1. The van der Waals surface area contributed by atoms with Gasteiger partial charge in [0.1, 0.15) is 10.7 Å². The highest BCUT2D eigenvalue weighted by Crippen LogP contribution is 2.41. The van der Waals surface area contributed by atoms with E-state index in [1.54, 1.807) is 30.5 Å². The van der Waals surface area contributed by atoms with Crippen molar-refractivity contribution in [2.45, 2.75) is 45.6 Å². The Bertz CT molecular complexity index is 1190. The molecule has 0 amide bonds. The first-order valence-electron chi connectivity index (χ1n) is 9.92. The number of hydrogen-bond acceptors (Lipinski definition) is 6. The van der Waals surface area contributed by atoms with Crippen molar-refractivity contribution in [3.8, 4) is 0 Å². The van der Waals surface area contributed by atoms with Crippen LogP contribution in [0, 0.1) is 6.92 Å². The fraction of sp³-hybridized carbons (Fsp3) is 0.364. The van der Waals surface area contributed by atoms with Crippen LogP contribution in [0.5, 0.6) is 0 Å². The number of carbonyl (C=O) groups excluding carboxylic acids is 1. The number of ether oxygens (including phenoxy) is 1. The normalized spacial score (nSPS) is 15.7. The highest BCUT2D eigenvalue weighted by molar-refractivity contribution is 7.18. The lowest BCUT2D eigenvalue weighted by Gasteiger charge is -2.21. The van der Waals surface area contributed by atoms with E-state index in [0.717, 1.165) is 28.8 Å². The number of esters is 1. The van der Waals surface area contributed by atoms with Gasteiger partial charge in [0.15, 0.2) is 0 Å². The minimum Gasteiger partial charge on any atom is -0.478 e. The Morgan fingerprint density at radius 2 is 2.03 bits per heavy atom. The van der Waals surface area contributed by atoms with Gasteiger partial charge >= 0.3 is 11.9 Å². The number of aryl methyl sites for hydroxylation is 2. The van der Waals surface area contributed by atoms with Crippen molar-refractivity contribution in [3.05, 3.63) is 62.0 Å². The molecular weight excluding hydrogens is 404 g/mol. The number of thiophene rings is 1. The van der Waals surface area contributed by atoms with Crippen molar-refractivity contribution in [2.24, 2.45) is 0 Å². The van der Waals surface area contributed by atoms with Crippen molar-refractivity contribution in [3.63, 3.8) is 0 Å². The first kappa shape index (κ1) is 20.3. The Balaban J connectivity index is 1.81.